The van der Waals surface area contributed by atoms with Crippen molar-refractivity contribution in [3.8, 4) is 0 Å². The number of primary amides is 1. The molecule has 1 heterocycles. The van der Waals surface area contributed by atoms with E-state index in [1.807, 2.05) is 13.8 Å². The molecule has 1 aliphatic heterocycles. The highest BCUT2D eigenvalue weighted by molar-refractivity contribution is 5.75. The first-order valence-corrected chi connectivity index (χ1v) is 4.87. The van der Waals surface area contributed by atoms with Crippen LogP contribution in [0.5, 0.6) is 0 Å². The normalized spacial score (nSPS) is 19.0. The van der Waals surface area contributed by atoms with Crippen LogP contribution in [-0.2, 0) is 4.79 Å². The van der Waals surface area contributed by atoms with Crippen molar-refractivity contribution in [3.63, 3.8) is 0 Å². The van der Waals surface area contributed by atoms with Crippen LogP contribution in [0.25, 0.3) is 0 Å². The number of carbonyl (C=O) groups is 1. The molecule has 13 heavy (non-hydrogen) atoms. The van der Waals surface area contributed by atoms with Crippen LogP contribution in [-0.4, -0.2) is 55.5 Å². The smallest absolute Gasteiger partial charge is 0.231 e. The number of nitrogens with zero attached hydrogens (tertiary/aromatic N) is 2. The quantitative estimate of drug-likeness (QED) is 0.648. The van der Waals surface area contributed by atoms with Crippen molar-refractivity contribution in [1.29, 1.82) is 0 Å². The molecule has 0 aliphatic carbocycles. The second kappa shape index (κ2) is 6.86. The molecule has 0 spiro atoms. The summed E-state index contributed by atoms with van der Waals surface area (Å²) in [6.45, 7) is 8.40. The van der Waals surface area contributed by atoms with E-state index in [-0.39, 0.29) is 5.91 Å². The minimum absolute atomic E-state index is 0.227. The van der Waals surface area contributed by atoms with Gasteiger partial charge in [-0.05, 0) is 7.05 Å². The van der Waals surface area contributed by atoms with Gasteiger partial charge in [0.15, 0.2) is 0 Å². The zero-order valence-corrected chi connectivity index (χ0v) is 8.92. The second-order valence-corrected chi connectivity index (χ2v) is 3.05. The molecule has 2 N–H and O–H groups in total. The van der Waals surface area contributed by atoms with Gasteiger partial charge in [-0.2, -0.15) is 0 Å². The minimum atomic E-state index is -0.227. The van der Waals surface area contributed by atoms with Crippen LogP contribution < -0.4 is 5.73 Å². The third-order valence-corrected chi connectivity index (χ3v) is 1.98. The number of piperazine rings is 1. The molecule has 4 heteroatoms. The van der Waals surface area contributed by atoms with Crippen molar-refractivity contribution in [2.75, 3.05) is 39.8 Å². The van der Waals surface area contributed by atoms with Gasteiger partial charge < -0.3 is 10.6 Å². The van der Waals surface area contributed by atoms with E-state index in [0.717, 1.165) is 26.2 Å². The monoisotopic (exact) mass is 187 g/mol. The highest BCUT2D eigenvalue weighted by atomic mass is 16.1. The van der Waals surface area contributed by atoms with Crippen LogP contribution in [0.4, 0.5) is 0 Å². The first kappa shape index (κ1) is 12.4. The number of carbonyl (C=O) groups excluding carboxylic acids is 1. The molecule has 0 atom stereocenters. The van der Waals surface area contributed by atoms with Gasteiger partial charge in [-0.25, -0.2) is 0 Å². The number of likely N-dealkylation sites (N-methyl/N-ethyl adjacent to an activating group) is 1. The topological polar surface area (TPSA) is 49.6 Å². The minimum Gasteiger partial charge on any atom is -0.369 e. The fraction of sp³-hybridized carbons (Fsp3) is 0.889. The van der Waals surface area contributed by atoms with E-state index in [1.54, 1.807) is 0 Å². The van der Waals surface area contributed by atoms with Gasteiger partial charge in [0.25, 0.3) is 0 Å². The Bertz CT molecular complexity index is 142. The van der Waals surface area contributed by atoms with E-state index in [4.69, 9.17) is 5.73 Å². The fourth-order valence-electron chi connectivity index (χ4n) is 1.23. The van der Waals surface area contributed by atoms with Crippen LogP contribution in [0.2, 0.25) is 0 Å². The first-order valence-electron chi connectivity index (χ1n) is 4.87. The van der Waals surface area contributed by atoms with Crippen LogP contribution in [0.1, 0.15) is 13.8 Å². The van der Waals surface area contributed by atoms with Gasteiger partial charge in [0, 0.05) is 26.2 Å². The van der Waals surface area contributed by atoms with Crippen LogP contribution in [0, 0.1) is 0 Å². The third-order valence-electron chi connectivity index (χ3n) is 1.98. The number of rotatable bonds is 2. The number of nitrogens with two attached hydrogens (primary N) is 1. The predicted molar refractivity (Wildman–Crippen MR) is 54.5 cm³/mol. The summed E-state index contributed by atoms with van der Waals surface area (Å²) < 4.78 is 0. The molecule has 0 aromatic heterocycles. The molecule has 78 valence electrons. The van der Waals surface area contributed by atoms with Crippen molar-refractivity contribution < 1.29 is 4.79 Å². The van der Waals surface area contributed by atoms with Gasteiger partial charge in [-0.3, -0.25) is 9.69 Å². The average molecular weight is 187 g/mol. The molecule has 4 nitrogen and oxygen atoms in total. The Morgan fingerprint density at radius 3 is 2.08 bits per heavy atom. The van der Waals surface area contributed by atoms with Gasteiger partial charge in [0.2, 0.25) is 5.91 Å². The summed E-state index contributed by atoms with van der Waals surface area (Å²) in [5.74, 6) is -0.227. The maximum atomic E-state index is 10.5. The Morgan fingerprint density at radius 1 is 1.23 bits per heavy atom. The summed E-state index contributed by atoms with van der Waals surface area (Å²) in [7, 11) is 2.08. The molecular weight excluding hydrogens is 166 g/mol. The SMILES string of the molecule is CC.CN1CCN(CC(N)=O)CC1. The Balaban J connectivity index is 0.000000671. The lowest BCUT2D eigenvalue weighted by molar-refractivity contribution is -0.119. The first-order chi connectivity index (χ1) is 6.18. The molecule has 0 saturated carbocycles. The molecule has 0 aromatic rings. The Hall–Kier alpha value is -0.610. The van der Waals surface area contributed by atoms with Crippen LogP contribution in [0.15, 0.2) is 0 Å². The van der Waals surface area contributed by atoms with Crippen molar-refractivity contribution in [1.82, 2.24) is 9.80 Å². The van der Waals surface area contributed by atoms with Crippen LogP contribution in [0.3, 0.4) is 0 Å². The number of amides is 1. The molecule has 0 bridgehead atoms. The third kappa shape index (κ3) is 5.60. The second-order valence-electron chi connectivity index (χ2n) is 3.05. The van der Waals surface area contributed by atoms with Gasteiger partial charge >= 0.3 is 0 Å². The summed E-state index contributed by atoms with van der Waals surface area (Å²) >= 11 is 0. The molecule has 0 unspecified atom stereocenters. The Kier molecular flexibility index (Phi) is 6.54. The fourth-order valence-corrected chi connectivity index (χ4v) is 1.23. The summed E-state index contributed by atoms with van der Waals surface area (Å²) in [5.41, 5.74) is 5.06. The molecular formula is C9H21N3O. The molecule has 1 rings (SSSR count). The number of hydrogen-bond acceptors (Lipinski definition) is 3. The van der Waals surface area contributed by atoms with Crippen molar-refractivity contribution in [2.45, 2.75) is 13.8 Å². The molecule has 1 amide bonds. The molecule has 1 aliphatic rings. The molecule has 1 fully saturated rings. The molecule has 0 radical (unpaired) electrons. The lowest BCUT2D eigenvalue weighted by Crippen LogP contribution is -2.47. The molecule has 0 aromatic carbocycles. The van der Waals surface area contributed by atoms with E-state index in [9.17, 15) is 4.79 Å². The van der Waals surface area contributed by atoms with Crippen molar-refractivity contribution in [3.05, 3.63) is 0 Å². The van der Waals surface area contributed by atoms with Gasteiger partial charge in [0.05, 0.1) is 6.54 Å². The summed E-state index contributed by atoms with van der Waals surface area (Å²) in [6.07, 6.45) is 0. The maximum Gasteiger partial charge on any atom is 0.231 e. The van der Waals surface area contributed by atoms with Crippen molar-refractivity contribution >= 4 is 5.91 Å². The van der Waals surface area contributed by atoms with E-state index in [1.165, 1.54) is 0 Å². The zero-order chi connectivity index (χ0) is 10.3. The highest BCUT2D eigenvalue weighted by Crippen LogP contribution is 1.97. The van der Waals surface area contributed by atoms with Gasteiger partial charge in [0.1, 0.15) is 0 Å². The number of hydrogen-bond donors (Lipinski definition) is 1. The summed E-state index contributed by atoms with van der Waals surface area (Å²) in [5, 5.41) is 0. The van der Waals surface area contributed by atoms with E-state index < -0.39 is 0 Å². The Morgan fingerprint density at radius 2 is 1.69 bits per heavy atom. The standard InChI is InChI=1S/C7H15N3O.C2H6/c1-9-2-4-10(5-3-9)6-7(8)11;1-2/h2-6H2,1H3,(H2,8,11);1-2H3. The van der Waals surface area contributed by atoms with Crippen LogP contribution >= 0.6 is 0 Å². The lowest BCUT2D eigenvalue weighted by atomic mass is 10.3. The molecule has 1 saturated heterocycles. The van der Waals surface area contributed by atoms with E-state index in [0.29, 0.717) is 6.54 Å². The Labute approximate surface area is 80.7 Å². The van der Waals surface area contributed by atoms with E-state index in [2.05, 4.69) is 16.8 Å². The summed E-state index contributed by atoms with van der Waals surface area (Å²) in [6, 6.07) is 0. The van der Waals surface area contributed by atoms with Gasteiger partial charge in [-0.15, -0.1) is 0 Å². The van der Waals surface area contributed by atoms with E-state index >= 15 is 0 Å². The zero-order valence-electron chi connectivity index (χ0n) is 8.92. The highest BCUT2D eigenvalue weighted by Gasteiger charge is 2.14. The maximum absolute atomic E-state index is 10.5. The van der Waals surface area contributed by atoms with Gasteiger partial charge in [-0.1, -0.05) is 13.8 Å². The average Bonchev–Trinajstić information content (AvgIpc) is 2.12. The summed E-state index contributed by atoms with van der Waals surface area (Å²) in [4.78, 5) is 14.8. The predicted octanol–water partition coefficient (Wildman–Crippen LogP) is -0.255. The largest absolute Gasteiger partial charge is 0.369 e. The van der Waals surface area contributed by atoms with Crippen molar-refractivity contribution in [2.24, 2.45) is 5.73 Å². The lowest BCUT2D eigenvalue weighted by Gasteiger charge is -2.31.